The third kappa shape index (κ3) is 3.88. The van der Waals surface area contributed by atoms with Gasteiger partial charge in [-0.3, -0.25) is 5.32 Å². The predicted octanol–water partition coefficient (Wildman–Crippen LogP) is 4.09. The summed E-state index contributed by atoms with van der Waals surface area (Å²) in [5.41, 5.74) is 3.42. The zero-order chi connectivity index (χ0) is 22.2. The monoisotopic (exact) mass is 420 g/mol. The Hall–Kier alpha value is -3.32. The van der Waals surface area contributed by atoms with E-state index in [0.717, 1.165) is 16.8 Å². The number of nitrogens with one attached hydrogen (secondary N) is 2. The number of nitrogens with zero attached hydrogens (tertiary/aromatic N) is 2. The third-order valence-electron chi connectivity index (χ3n) is 5.92. The Morgan fingerprint density at radius 1 is 1.16 bits per heavy atom. The van der Waals surface area contributed by atoms with Crippen molar-refractivity contribution in [2.45, 2.75) is 44.8 Å². The van der Waals surface area contributed by atoms with Crippen LogP contribution in [0.5, 0.6) is 5.88 Å². The number of aromatic nitrogens is 2. The van der Waals surface area contributed by atoms with E-state index < -0.39 is 18.2 Å². The molecular weight excluding hydrogens is 392 g/mol. The third-order valence-corrected chi connectivity index (χ3v) is 5.92. The molecule has 1 heterocycles. The van der Waals surface area contributed by atoms with Gasteiger partial charge in [-0.25, -0.2) is 9.48 Å². The Labute approximate surface area is 182 Å². The van der Waals surface area contributed by atoms with Gasteiger partial charge in [0.15, 0.2) is 0 Å². The van der Waals surface area contributed by atoms with Gasteiger partial charge >= 0.3 is 6.03 Å². The molecule has 4 rings (SSSR count). The van der Waals surface area contributed by atoms with Crippen LogP contribution in [0.15, 0.2) is 54.6 Å². The molecular formula is C24H28N4O3. The highest BCUT2D eigenvalue weighted by Crippen LogP contribution is 2.41. The number of amides is 2. The molecule has 3 aromatic rings. The summed E-state index contributed by atoms with van der Waals surface area (Å²) in [5.74, 6) is 0.948. The van der Waals surface area contributed by atoms with Gasteiger partial charge in [-0.1, -0.05) is 56.3 Å². The lowest BCUT2D eigenvalue weighted by Crippen LogP contribution is -2.45. The molecule has 1 aliphatic carbocycles. The van der Waals surface area contributed by atoms with Gasteiger partial charge in [0.1, 0.15) is 5.82 Å². The van der Waals surface area contributed by atoms with Crippen LogP contribution in [-0.2, 0) is 5.41 Å². The number of rotatable bonds is 4. The van der Waals surface area contributed by atoms with E-state index in [2.05, 4.69) is 35.6 Å². The smallest absolute Gasteiger partial charge is 0.320 e. The number of methoxy groups -OCH3 is 1. The molecule has 0 fully saturated rings. The molecule has 0 saturated heterocycles. The van der Waals surface area contributed by atoms with Crippen molar-refractivity contribution in [3.8, 4) is 11.6 Å². The Morgan fingerprint density at radius 3 is 2.55 bits per heavy atom. The van der Waals surface area contributed by atoms with Crippen molar-refractivity contribution in [2.75, 3.05) is 12.4 Å². The number of para-hydroxylation sites is 1. The number of carbonyl (C=O) groups excluding carboxylic acids is 1. The first-order valence-corrected chi connectivity index (χ1v) is 10.4. The van der Waals surface area contributed by atoms with Gasteiger partial charge in [0.2, 0.25) is 5.88 Å². The normalized spacial score (nSPS) is 19.4. The lowest BCUT2D eigenvalue weighted by Gasteiger charge is -2.40. The first kappa shape index (κ1) is 20.9. The van der Waals surface area contributed by atoms with E-state index in [9.17, 15) is 9.90 Å². The summed E-state index contributed by atoms with van der Waals surface area (Å²) in [4.78, 5) is 13.0. The summed E-state index contributed by atoms with van der Waals surface area (Å²) in [6, 6.07) is 16.6. The maximum atomic E-state index is 13.0. The van der Waals surface area contributed by atoms with E-state index in [0.29, 0.717) is 23.7 Å². The van der Waals surface area contributed by atoms with E-state index in [4.69, 9.17) is 4.74 Å². The molecule has 162 valence electrons. The average Bonchev–Trinajstić information content (AvgIpc) is 3.07. The van der Waals surface area contributed by atoms with Crippen LogP contribution in [-0.4, -0.2) is 34.1 Å². The van der Waals surface area contributed by atoms with E-state index in [-0.39, 0.29) is 5.41 Å². The van der Waals surface area contributed by atoms with Gasteiger partial charge in [0.25, 0.3) is 0 Å². The zero-order valence-electron chi connectivity index (χ0n) is 18.2. The Kier molecular flexibility index (Phi) is 5.45. The van der Waals surface area contributed by atoms with Crippen LogP contribution >= 0.6 is 0 Å². The molecule has 2 aromatic carbocycles. The van der Waals surface area contributed by atoms with Gasteiger partial charge in [0, 0.05) is 0 Å². The maximum Gasteiger partial charge on any atom is 0.320 e. The van der Waals surface area contributed by atoms with Crippen LogP contribution in [0.2, 0.25) is 0 Å². The lowest BCUT2D eigenvalue weighted by atomic mass is 9.70. The fourth-order valence-corrected chi connectivity index (χ4v) is 4.37. The lowest BCUT2D eigenvalue weighted by molar-refractivity contribution is 0.0883. The summed E-state index contributed by atoms with van der Waals surface area (Å²) < 4.78 is 7.00. The highest BCUT2D eigenvalue weighted by molar-refractivity contribution is 5.90. The van der Waals surface area contributed by atoms with Crippen LogP contribution in [0.4, 0.5) is 10.6 Å². The van der Waals surface area contributed by atoms with Crippen molar-refractivity contribution < 1.29 is 14.6 Å². The molecule has 31 heavy (non-hydrogen) atoms. The number of anilines is 1. The van der Waals surface area contributed by atoms with Gasteiger partial charge in [-0.2, -0.15) is 0 Å². The number of hydrogen-bond donors (Lipinski definition) is 3. The van der Waals surface area contributed by atoms with Crippen LogP contribution in [0, 0.1) is 6.92 Å². The second kappa shape index (κ2) is 8.07. The predicted molar refractivity (Wildman–Crippen MR) is 120 cm³/mol. The minimum absolute atomic E-state index is 0.166. The van der Waals surface area contributed by atoms with Crippen LogP contribution in [0.3, 0.4) is 0 Å². The number of aliphatic hydroxyl groups is 1. The van der Waals surface area contributed by atoms with Crippen molar-refractivity contribution in [1.29, 1.82) is 0 Å². The number of aliphatic hydroxyl groups excluding tert-OH is 1. The molecule has 0 unspecified atom stereocenters. The number of urea groups is 1. The van der Waals surface area contributed by atoms with Crippen molar-refractivity contribution in [3.05, 3.63) is 71.3 Å². The second-order valence-corrected chi connectivity index (χ2v) is 8.55. The minimum Gasteiger partial charge on any atom is -0.480 e. The van der Waals surface area contributed by atoms with Gasteiger partial charge < -0.3 is 15.2 Å². The Morgan fingerprint density at radius 2 is 1.84 bits per heavy atom. The topological polar surface area (TPSA) is 88.4 Å². The highest BCUT2D eigenvalue weighted by Gasteiger charge is 2.39. The quantitative estimate of drug-likeness (QED) is 0.593. The van der Waals surface area contributed by atoms with Crippen molar-refractivity contribution in [2.24, 2.45) is 0 Å². The van der Waals surface area contributed by atoms with E-state index in [1.807, 2.05) is 55.5 Å². The SMILES string of the molecule is COc1nn(-c2ccccc2)c(NC(=O)N[C@H]2c3ccccc3C(C)(C)C[C@@H]2O)c1C. The van der Waals surface area contributed by atoms with Crippen molar-refractivity contribution in [3.63, 3.8) is 0 Å². The summed E-state index contributed by atoms with van der Waals surface area (Å²) in [6.45, 7) is 6.06. The molecule has 1 aromatic heterocycles. The number of carbonyl (C=O) groups is 1. The molecule has 3 N–H and O–H groups in total. The molecule has 2 atom stereocenters. The van der Waals surface area contributed by atoms with E-state index in [1.165, 1.54) is 0 Å². The molecule has 2 amide bonds. The van der Waals surface area contributed by atoms with Gasteiger partial charge in [-0.05, 0) is 42.0 Å². The van der Waals surface area contributed by atoms with Crippen LogP contribution < -0.4 is 15.4 Å². The van der Waals surface area contributed by atoms with E-state index >= 15 is 0 Å². The molecule has 0 bridgehead atoms. The van der Waals surface area contributed by atoms with E-state index in [1.54, 1.807) is 11.8 Å². The number of hydrogen-bond acceptors (Lipinski definition) is 4. The standard InChI is InChI=1S/C24H28N4O3/c1-15-21(28(27-22(15)31-4)16-10-6-5-7-11-16)26-23(30)25-20-17-12-8-9-13-18(17)24(2,3)14-19(20)29/h5-13,19-20,29H,14H2,1-4H3,(H2,25,26,30)/t19-,20-/m0/s1. The molecule has 0 aliphatic heterocycles. The molecule has 1 aliphatic rings. The average molecular weight is 421 g/mol. The summed E-state index contributed by atoms with van der Waals surface area (Å²) >= 11 is 0. The molecule has 7 heteroatoms. The van der Waals surface area contributed by atoms with Crippen LogP contribution in [0.25, 0.3) is 5.69 Å². The highest BCUT2D eigenvalue weighted by atomic mass is 16.5. The second-order valence-electron chi connectivity index (χ2n) is 8.55. The maximum absolute atomic E-state index is 13.0. The molecule has 0 radical (unpaired) electrons. The molecule has 0 saturated carbocycles. The van der Waals surface area contributed by atoms with Gasteiger partial charge in [-0.15, -0.1) is 5.10 Å². The van der Waals surface area contributed by atoms with Crippen LogP contribution in [0.1, 0.15) is 43.0 Å². The summed E-state index contributed by atoms with van der Waals surface area (Å²) in [7, 11) is 1.55. The fourth-order valence-electron chi connectivity index (χ4n) is 4.37. The first-order valence-electron chi connectivity index (χ1n) is 10.4. The summed E-state index contributed by atoms with van der Waals surface area (Å²) in [5, 5.41) is 21.2. The van der Waals surface area contributed by atoms with Gasteiger partial charge in [0.05, 0.1) is 30.5 Å². The number of ether oxygens (including phenoxy) is 1. The van der Waals surface area contributed by atoms with Crippen molar-refractivity contribution in [1.82, 2.24) is 15.1 Å². The first-order chi connectivity index (χ1) is 14.8. The largest absolute Gasteiger partial charge is 0.480 e. The zero-order valence-corrected chi connectivity index (χ0v) is 18.2. The van der Waals surface area contributed by atoms with Crippen molar-refractivity contribution >= 4 is 11.8 Å². The Balaban J connectivity index is 1.62. The minimum atomic E-state index is -0.690. The summed E-state index contributed by atoms with van der Waals surface area (Å²) in [6.07, 6.45) is -0.130. The molecule has 0 spiro atoms. The fraction of sp³-hybridized carbons (Fsp3) is 0.333. The molecule has 7 nitrogen and oxygen atoms in total. The Bertz CT molecular complexity index is 1090. The number of benzene rings is 2. The number of fused-ring (bicyclic) bond motifs is 1.